The Kier molecular flexibility index (Phi) is 4.00. The van der Waals surface area contributed by atoms with Gasteiger partial charge in [0.15, 0.2) is 5.17 Å². The summed E-state index contributed by atoms with van der Waals surface area (Å²) in [5.41, 5.74) is 9.96. The Labute approximate surface area is 162 Å². The lowest BCUT2D eigenvalue weighted by Gasteiger charge is -2.48. The Morgan fingerprint density at radius 2 is 2.15 bits per heavy atom. The van der Waals surface area contributed by atoms with Crippen LogP contribution in [0.2, 0.25) is 0 Å². The first-order valence-electron chi connectivity index (χ1n) is 9.60. The summed E-state index contributed by atoms with van der Waals surface area (Å²) >= 11 is 1.61. The Morgan fingerprint density at radius 1 is 1.26 bits per heavy atom. The topological polar surface area (TPSA) is 68.3 Å². The molecule has 5 rings (SSSR count). The maximum atomic E-state index is 14.3. The zero-order valence-corrected chi connectivity index (χ0v) is 15.9. The van der Waals surface area contributed by atoms with Crippen LogP contribution < -0.4 is 5.73 Å². The number of carbonyl (C=O) groups excluding carboxylic acids is 1. The molecule has 1 aliphatic heterocycles. The molecular formula is C21H22FN3OS. The number of nitrogens with two attached hydrogens (primary N) is 1. The summed E-state index contributed by atoms with van der Waals surface area (Å²) in [4.78, 5) is 20.9. The molecule has 1 fully saturated rings. The average Bonchev–Trinajstić information content (AvgIpc) is 3.04. The summed E-state index contributed by atoms with van der Waals surface area (Å²) in [6.45, 7) is 0. The van der Waals surface area contributed by atoms with E-state index in [1.807, 2.05) is 0 Å². The molecule has 4 aliphatic rings. The third-order valence-electron chi connectivity index (χ3n) is 6.63. The largest absolute Gasteiger partial charge is 0.379 e. The van der Waals surface area contributed by atoms with Crippen LogP contribution in [0.4, 0.5) is 4.39 Å². The average molecular weight is 383 g/mol. The Bertz CT molecular complexity index is 922. The molecule has 3 aliphatic carbocycles. The van der Waals surface area contributed by atoms with Crippen molar-refractivity contribution in [1.29, 1.82) is 0 Å². The zero-order chi connectivity index (χ0) is 18.6. The highest BCUT2D eigenvalue weighted by atomic mass is 32.2. The minimum Gasteiger partial charge on any atom is -0.379 e. The van der Waals surface area contributed by atoms with Crippen LogP contribution in [-0.2, 0) is 4.79 Å². The quantitative estimate of drug-likeness (QED) is 0.747. The lowest BCUT2D eigenvalue weighted by Crippen LogP contribution is -2.49. The molecule has 0 aromatic carbocycles. The van der Waals surface area contributed by atoms with E-state index in [9.17, 15) is 9.18 Å². The minimum absolute atomic E-state index is 0.344. The summed E-state index contributed by atoms with van der Waals surface area (Å²) in [5, 5.41) is 0.632. The SMILES string of the molecule is NC1=NC2(CS1)C1=C(CCC(c3cccnc3F)=C1)C[C@@H]1CC(=O)CC[C@H]12. The Morgan fingerprint density at radius 3 is 2.93 bits per heavy atom. The summed E-state index contributed by atoms with van der Waals surface area (Å²) < 4.78 is 14.3. The van der Waals surface area contributed by atoms with Crippen molar-refractivity contribution in [2.24, 2.45) is 22.6 Å². The second-order valence-corrected chi connectivity index (χ2v) is 9.04. The molecule has 3 atom stereocenters. The van der Waals surface area contributed by atoms with Crippen LogP contribution in [0.25, 0.3) is 5.57 Å². The van der Waals surface area contributed by atoms with Crippen LogP contribution in [0.15, 0.2) is 40.5 Å². The van der Waals surface area contributed by atoms with Crippen molar-refractivity contribution < 1.29 is 9.18 Å². The molecule has 140 valence electrons. The number of aromatic nitrogens is 1. The summed E-state index contributed by atoms with van der Waals surface area (Å²) in [5.74, 6) is 1.50. The minimum atomic E-state index is -0.414. The third kappa shape index (κ3) is 2.68. The zero-order valence-electron chi connectivity index (χ0n) is 15.1. The maximum absolute atomic E-state index is 14.3. The molecule has 1 saturated carbocycles. The van der Waals surface area contributed by atoms with Crippen molar-refractivity contribution in [2.45, 2.75) is 44.1 Å². The van der Waals surface area contributed by atoms with Crippen molar-refractivity contribution in [2.75, 3.05) is 5.75 Å². The Hall–Kier alpha value is -1.95. The van der Waals surface area contributed by atoms with Crippen molar-refractivity contribution in [3.63, 3.8) is 0 Å². The summed E-state index contributed by atoms with van der Waals surface area (Å²) in [7, 11) is 0. The number of carbonyl (C=O) groups is 1. The van der Waals surface area contributed by atoms with Crippen LogP contribution in [0.1, 0.15) is 44.1 Å². The first kappa shape index (κ1) is 17.2. The molecule has 0 saturated heterocycles. The number of hydrogen-bond donors (Lipinski definition) is 1. The van der Waals surface area contributed by atoms with Gasteiger partial charge in [-0.25, -0.2) is 4.98 Å². The summed E-state index contributed by atoms with van der Waals surface area (Å²) in [6, 6.07) is 3.59. The van der Waals surface area contributed by atoms with Gasteiger partial charge in [-0.05, 0) is 60.8 Å². The molecule has 4 nitrogen and oxygen atoms in total. The van der Waals surface area contributed by atoms with Gasteiger partial charge in [-0.3, -0.25) is 9.79 Å². The number of ketones is 1. The molecule has 2 heterocycles. The van der Waals surface area contributed by atoms with Gasteiger partial charge in [-0.1, -0.05) is 23.4 Å². The first-order valence-corrected chi connectivity index (χ1v) is 10.6. The van der Waals surface area contributed by atoms with Crippen LogP contribution in [0.5, 0.6) is 0 Å². The predicted octanol–water partition coefficient (Wildman–Crippen LogP) is 3.88. The van der Waals surface area contributed by atoms with Crippen LogP contribution >= 0.6 is 11.8 Å². The van der Waals surface area contributed by atoms with Crippen molar-refractivity contribution in [3.8, 4) is 0 Å². The maximum Gasteiger partial charge on any atom is 0.220 e. The number of amidine groups is 1. The standard InChI is InChI=1S/C21H22FN3OS/c22-19-16(2-1-7-24-19)12-3-4-13-8-14-9-15(26)5-6-17(14)21(18(13)10-12)11-27-20(23)25-21/h1-2,7,10,14,17H,3-6,8-9,11H2,(H2,23,25)/t14-,17-,21?/m1/s1. The van der Waals surface area contributed by atoms with E-state index in [4.69, 9.17) is 10.7 Å². The predicted molar refractivity (Wildman–Crippen MR) is 106 cm³/mol. The van der Waals surface area contributed by atoms with Gasteiger partial charge in [0.1, 0.15) is 11.3 Å². The molecular weight excluding hydrogens is 361 g/mol. The van der Waals surface area contributed by atoms with Gasteiger partial charge >= 0.3 is 0 Å². The second-order valence-electron chi connectivity index (χ2n) is 8.04. The first-order chi connectivity index (χ1) is 13.1. The van der Waals surface area contributed by atoms with Crippen molar-refractivity contribution in [3.05, 3.63) is 47.1 Å². The molecule has 0 radical (unpaired) electrons. The molecule has 1 aromatic rings. The van der Waals surface area contributed by atoms with E-state index in [0.29, 0.717) is 41.2 Å². The highest BCUT2D eigenvalue weighted by Gasteiger charge is 2.53. The second kappa shape index (κ2) is 6.30. The third-order valence-corrected chi connectivity index (χ3v) is 7.60. The number of pyridine rings is 1. The van der Waals surface area contributed by atoms with Gasteiger partial charge in [0.25, 0.3) is 0 Å². The van der Waals surface area contributed by atoms with Gasteiger partial charge in [-0.2, -0.15) is 4.39 Å². The van der Waals surface area contributed by atoms with Gasteiger partial charge in [0.05, 0.1) is 0 Å². The fraction of sp³-hybridized carbons (Fsp3) is 0.476. The van der Waals surface area contributed by atoms with Crippen LogP contribution in [0.3, 0.4) is 0 Å². The number of rotatable bonds is 1. The van der Waals surface area contributed by atoms with Crippen LogP contribution in [0, 0.1) is 17.8 Å². The number of aliphatic imine (C=N–C) groups is 1. The van der Waals surface area contributed by atoms with E-state index >= 15 is 0 Å². The molecule has 1 unspecified atom stereocenters. The molecule has 27 heavy (non-hydrogen) atoms. The van der Waals surface area contributed by atoms with E-state index < -0.39 is 5.95 Å². The Balaban J connectivity index is 1.64. The number of thioether (sulfide) groups is 1. The normalized spacial score (nSPS) is 32.9. The number of nitrogens with zero attached hydrogens (tertiary/aromatic N) is 2. The van der Waals surface area contributed by atoms with Crippen LogP contribution in [-0.4, -0.2) is 27.2 Å². The molecule has 6 heteroatoms. The van der Waals surface area contributed by atoms with E-state index in [0.717, 1.165) is 37.0 Å². The summed E-state index contributed by atoms with van der Waals surface area (Å²) in [6.07, 6.45) is 8.49. The monoisotopic (exact) mass is 383 g/mol. The fourth-order valence-electron chi connectivity index (χ4n) is 5.47. The molecule has 0 amide bonds. The lowest BCUT2D eigenvalue weighted by molar-refractivity contribution is -0.123. The smallest absolute Gasteiger partial charge is 0.220 e. The number of fused-ring (bicyclic) bond motifs is 3. The van der Waals surface area contributed by atoms with E-state index in [1.54, 1.807) is 23.9 Å². The number of hydrogen-bond acceptors (Lipinski definition) is 5. The van der Waals surface area contributed by atoms with Gasteiger partial charge in [-0.15, -0.1) is 0 Å². The fourth-order valence-corrected chi connectivity index (χ4v) is 6.50. The molecule has 0 bridgehead atoms. The molecule has 1 aromatic heterocycles. The number of Topliss-reactive ketones (excluding diaryl/α,β-unsaturated/α-hetero) is 1. The highest BCUT2D eigenvalue weighted by molar-refractivity contribution is 8.14. The van der Waals surface area contributed by atoms with Gasteiger partial charge in [0, 0.05) is 30.4 Å². The van der Waals surface area contributed by atoms with Gasteiger partial charge in [0.2, 0.25) is 5.95 Å². The molecule has 1 spiro atoms. The van der Waals surface area contributed by atoms with E-state index in [2.05, 4.69) is 11.1 Å². The van der Waals surface area contributed by atoms with E-state index in [-0.39, 0.29) is 5.54 Å². The van der Waals surface area contributed by atoms with Crippen molar-refractivity contribution in [1.82, 2.24) is 4.98 Å². The number of halogens is 1. The van der Waals surface area contributed by atoms with Gasteiger partial charge < -0.3 is 5.73 Å². The van der Waals surface area contributed by atoms with E-state index in [1.165, 1.54) is 17.3 Å². The molecule has 2 N–H and O–H groups in total. The lowest BCUT2D eigenvalue weighted by atomic mass is 9.58. The number of allylic oxidation sites excluding steroid dienone is 2. The van der Waals surface area contributed by atoms with Crippen molar-refractivity contribution >= 4 is 28.3 Å². The highest BCUT2D eigenvalue weighted by Crippen LogP contribution is 2.56.